The van der Waals surface area contributed by atoms with E-state index < -0.39 is 0 Å². The Bertz CT molecular complexity index is 1300. The highest BCUT2D eigenvalue weighted by molar-refractivity contribution is 5.93. The number of imidazole rings is 1. The van der Waals surface area contributed by atoms with Crippen molar-refractivity contribution in [3.05, 3.63) is 90.0 Å². The summed E-state index contributed by atoms with van der Waals surface area (Å²) < 4.78 is 31.6. The van der Waals surface area contributed by atoms with Crippen LogP contribution in [-0.4, -0.2) is 36.8 Å². The van der Waals surface area contributed by atoms with E-state index in [0.29, 0.717) is 47.3 Å². The van der Waals surface area contributed by atoms with Crippen LogP contribution < -0.4 is 19.5 Å². The van der Waals surface area contributed by atoms with Crippen molar-refractivity contribution in [3.8, 4) is 28.5 Å². The third-order valence-electron chi connectivity index (χ3n) is 5.77. The number of aryl methyl sites for hydroxylation is 1. The number of ether oxygens (including phenoxy) is 3. The Balaban J connectivity index is 1.56. The molecule has 1 amide bonds. The van der Waals surface area contributed by atoms with Crippen LogP contribution in [0.1, 0.15) is 17.5 Å². The highest BCUT2D eigenvalue weighted by Crippen LogP contribution is 2.38. The van der Waals surface area contributed by atoms with Gasteiger partial charge in [0.2, 0.25) is 11.7 Å². The van der Waals surface area contributed by atoms with Crippen LogP contribution in [0, 0.1) is 5.82 Å². The summed E-state index contributed by atoms with van der Waals surface area (Å²) in [6.45, 7) is 0.525. The summed E-state index contributed by atoms with van der Waals surface area (Å²) in [5, 5.41) is 3.02. The van der Waals surface area contributed by atoms with E-state index in [1.807, 2.05) is 47.0 Å². The van der Waals surface area contributed by atoms with E-state index in [-0.39, 0.29) is 18.1 Å². The lowest BCUT2D eigenvalue weighted by atomic mass is 10.1. The van der Waals surface area contributed by atoms with Crippen molar-refractivity contribution in [1.82, 2.24) is 9.55 Å². The second kappa shape index (κ2) is 11.4. The summed E-state index contributed by atoms with van der Waals surface area (Å²) in [7, 11) is 4.65. The summed E-state index contributed by atoms with van der Waals surface area (Å²) in [4.78, 5) is 17.6. The monoisotopic (exact) mass is 489 g/mol. The van der Waals surface area contributed by atoms with Gasteiger partial charge in [-0.05, 0) is 53.9 Å². The molecule has 0 bridgehead atoms. The number of hydrogen-bond acceptors (Lipinski definition) is 5. The SMILES string of the molecule is COc1cc(CCC(=O)Nc2c(-c3ccc(F)cc3)ncn2Cc2ccccc2)cc(OC)c1OC. The standard InChI is InChI=1S/C28H28FN3O4/c1-34-23-15-20(16-24(35-2)27(23)36-3)9-14-25(33)31-28-26(21-10-12-22(29)13-11-21)30-18-32(28)17-19-7-5-4-6-8-19/h4-8,10-13,15-16,18H,9,14,17H2,1-3H3,(H,31,33). The van der Waals surface area contributed by atoms with Crippen LogP contribution in [0.25, 0.3) is 11.3 Å². The molecule has 1 aromatic heterocycles. The van der Waals surface area contributed by atoms with Gasteiger partial charge >= 0.3 is 0 Å². The van der Waals surface area contributed by atoms with E-state index in [4.69, 9.17) is 14.2 Å². The summed E-state index contributed by atoms with van der Waals surface area (Å²) in [6.07, 6.45) is 2.36. The van der Waals surface area contributed by atoms with Crippen molar-refractivity contribution in [2.24, 2.45) is 0 Å². The Hall–Kier alpha value is -4.33. The molecule has 0 aliphatic heterocycles. The van der Waals surface area contributed by atoms with E-state index in [9.17, 15) is 9.18 Å². The predicted molar refractivity (Wildman–Crippen MR) is 136 cm³/mol. The summed E-state index contributed by atoms with van der Waals surface area (Å²) in [5.74, 6) is 1.61. The van der Waals surface area contributed by atoms with Gasteiger partial charge in [-0.25, -0.2) is 9.37 Å². The molecule has 0 aliphatic carbocycles. The Kier molecular flexibility index (Phi) is 7.85. The summed E-state index contributed by atoms with van der Waals surface area (Å²) >= 11 is 0. The number of aromatic nitrogens is 2. The number of amides is 1. The molecule has 1 heterocycles. The Morgan fingerprint density at radius 1 is 0.917 bits per heavy atom. The van der Waals surface area contributed by atoms with Crippen molar-refractivity contribution >= 4 is 11.7 Å². The number of halogens is 1. The Morgan fingerprint density at radius 2 is 1.58 bits per heavy atom. The van der Waals surface area contributed by atoms with Gasteiger partial charge < -0.3 is 24.1 Å². The summed E-state index contributed by atoms with van der Waals surface area (Å²) in [5.41, 5.74) is 3.22. The lowest BCUT2D eigenvalue weighted by Gasteiger charge is -2.15. The van der Waals surface area contributed by atoms with Gasteiger partial charge in [0.25, 0.3) is 0 Å². The molecule has 0 atom stereocenters. The largest absolute Gasteiger partial charge is 0.493 e. The number of anilines is 1. The lowest BCUT2D eigenvalue weighted by Crippen LogP contribution is -2.16. The van der Waals surface area contributed by atoms with Crippen LogP contribution >= 0.6 is 0 Å². The zero-order valence-corrected chi connectivity index (χ0v) is 20.5. The number of rotatable bonds is 10. The zero-order valence-electron chi connectivity index (χ0n) is 20.5. The topological polar surface area (TPSA) is 74.6 Å². The maximum Gasteiger partial charge on any atom is 0.225 e. The maximum atomic E-state index is 13.5. The van der Waals surface area contributed by atoms with Crippen molar-refractivity contribution in [2.75, 3.05) is 26.6 Å². The quantitative estimate of drug-likeness (QED) is 0.326. The highest BCUT2D eigenvalue weighted by atomic mass is 19.1. The van der Waals surface area contributed by atoms with Crippen LogP contribution in [-0.2, 0) is 17.8 Å². The van der Waals surface area contributed by atoms with Crippen LogP contribution in [0.15, 0.2) is 73.1 Å². The average molecular weight is 490 g/mol. The second-order valence-corrected chi connectivity index (χ2v) is 8.14. The molecule has 8 heteroatoms. The molecule has 186 valence electrons. The van der Waals surface area contributed by atoms with Crippen LogP contribution in [0.4, 0.5) is 10.2 Å². The molecule has 4 aromatic rings. The number of carbonyl (C=O) groups is 1. The molecule has 36 heavy (non-hydrogen) atoms. The number of nitrogens with one attached hydrogen (secondary N) is 1. The first kappa shape index (κ1) is 24.8. The van der Waals surface area contributed by atoms with Gasteiger partial charge in [-0.2, -0.15) is 0 Å². The number of methoxy groups -OCH3 is 3. The number of benzene rings is 3. The predicted octanol–water partition coefficient (Wildman–Crippen LogP) is 5.33. The van der Waals surface area contributed by atoms with Crippen molar-refractivity contribution < 1.29 is 23.4 Å². The lowest BCUT2D eigenvalue weighted by molar-refractivity contribution is -0.116. The fraction of sp³-hybridized carbons (Fsp3) is 0.214. The molecular weight excluding hydrogens is 461 g/mol. The molecule has 0 saturated heterocycles. The van der Waals surface area contributed by atoms with Gasteiger partial charge in [0.1, 0.15) is 17.3 Å². The zero-order chi connectivity index (χ0) is 25.5. The van der Waals surface area contributed by atoms with Crippen molar-refractivity contribution in [1.29, 1.82) is 0 Å². The first-order chi connectivity index (χ1) is 17.5. The minimum atomic E-state index is -0.335. The Labute approximate surface area is 209 Å². The van der Waals surface area contributed by atoms with Gasteiger partial charge in [-0.1, -0.05) is 30.3 Å². The second-order valence-electron chi connectivity index (χ2n) is 8.14. The number of nitrogens with zero attached hydrogens (tertiary/aromatic N) is 2. The molecule has 0 unspecified atom stereocenters. The molecule has 7 nitrogen and oxygen atoms in total. The highest BCUT2D eigenvalue weighted by Gasteiger charge is 2.18. The van der Waals surface area contributed by atoms with Gasteiger partial charge in [-0.3, -0.25) is 4.79 Å². The van der Waals surface area contributed by atoms with Gasteiger partial charge in [0, 0.05) is 12.0 Å². The number of carbonyl (C=O) groups excluding carboxylic acids is 1. The summed E-state index contributed by atoms with van der Waals surface area (Å²) in [6, 6.07) is 19.6. The maximum absolute atomic E-state index is 13.5. The fourth-order valence-corrected chi connectivity index (χ4v) is 3.96. The van der Waals surface area contributed by atoms with E-state index >= 15 is 0 Å². The smallest absolute Gasteiger partial charge is 0.225 e. The molecule has 1 N–H and O–H groups in total. The first-order valence-corrected chi connectivity index (χ1v) is 11.5. The van der Waals surface area contributed by atoms with Crippen molar-refractivity contribution in [2.45, 2.75) is 19.4 Å². The van der Waals surface area contributed by atoms with Gasteiger partial charge in [0.15, 0.2) is 11.5 Å². The molecule has 0 radical (unpaired) electrons. The molecule has 0 spiro atoms. The minimum absolute atomic E-state index is 0.179. The fourth-order valence-electron chi connectivity index (χ4n) is 3.96. The van der Waals surface area contributed by atoms with E-state index in [1.54, 1.807) is 39.8 Å². The van der Waals surface area contributed by atoms with E-state index in [1.165, 1.54) is 12.1 Å². The normalized spacial score (nSPS) is 10.7. The average Bonchev–Trinajstić information content (AvgIpc) is 3.29. The van der Waals surface area contributed by atoms with E-state index in [0.717, 1.165) is 11.1 Å². The Morgan fingerprint density at radius 3 is 2.19 bits per heavy atom. The first-order valence-electron chi connectivity index (χ1n) is 11.5. The molecule has 4 rings (SSSR count). The van der Waals surface area contributed by atoms with Crippen LogP contribution in [0.2, 0.25) is 0 Å². The van der Waals surface area contributed by atoms with Crippen molar-refractivity contribution in [3.63, 3.8) is 0 Å². The van der Waals surface area contributed by atoms with Gasteiger partial charge in [0.05, 0.1) is 34.2 Å². The molecule has 0 fully saturated rings. The molecule has 0 aliphatic rings. The van der Waals surface area contributed by atoms with Crippen LogP contribution in [0.5, 0.6) is 17.2 Å². The number of hydrogen-bond donors (Lipinski definition) is 1. The molecule has 0 saturated carbocycles. The third kappa shape index (κ3) is 5.66. The third-order valence-corrected chi connectivity index (χ3v) is 5.77. The van der Waals surface area contributed by atoms with Gasteiger partial charge in [-0.15, -0.1) is 0 Å². The van der Waals surface area contributed by atoms with Crippen LogP contribution in [0.3, 0.4) is 0 Å². The minimum Gasteiger partial charge on any atom is -0.493 e. The van der Waals surface area contributed by atoms with E-state index in [2.05, 4.69) is 10.3 Å². The molecular formula is C28H28FN3O4. The molecule has 3 aromatic carbocycles.